The molecule has 0 aliphatic carbocycles. The molecule has 0 bridgehead atoms. The molecule has 0 unspecified atom stereocenters. The molecular formula is C25H29F3N8O3S. The molecule has 214 valence electrons. The number of halogens is 3. The number of rotatable bonds is 7. The Bertz CT molecular complexity index is 1390. The van der Waals surface area contributed by atoms with Crippen LogP contribution in [0.5, 0.6) is 5.75 Å². The Morgan fingerprint density at radius 3 is 2.60 bits per heavy atom. The van der Waals surface area contributed by atoms with Crippen LogP contribution < -0.4 is 24.8 Å². The minimum atomic E-state index is -4.65. The highest BCUT2D eigenvalue weighted by Crippen LogP contribution is 2.42. The Hall–Kier alpha value is -3.69. The van der Waals surface area contributed by atoms with Gasteiger partial charge in [0.25, 0.3) is 5.91 Å². The normalized spacial score (nSPS) is 16.1. The Labute approximate surface area is 232 Å². The average Bonchev–Trinajstić information content (AvgIpc) is 3.29. The van der Waals surface area contributed by atoms with Crippen LogP contribution in [0.15, 0.2) is 24.4 Å². The molecule has 5 rings (SSSR count). The van der Waals surface area contributed by atoms with Crippen LogP contribution in [0.3, 0.4) is 0 Å². The number of nitrogens with zero attached hydrogens (tertiary/aromatic N) is 7. The fraction of sp³-hybridized carbons (Fsp3) is 0.440. The maximum Gasteiger partial charge on any atom is 0.406 e. The number of benzene rings is 1. The number of hydrogen-bond donors (Lipinski definition) is 2. The molecule has 0 atom stereocenters. The lowest BCUT2D eigenvalue weighted by Crippen LogP contribution is -2.44. The number of aliphatic hydroxyl groups excluding tert-OH is 1. The molecule has 11 nitrogen and oxygen atoms in total. The number of piperazine rings is 1. The Morgan fingerprint density at radius 2 is 1.90 bits per heavy atom. The molecule has 2 aromatic heterocycles. The summed E-state index contributed by atoms with van der Waals surface area (Å²) < 4.78 is 46.3. The first-order valence-electron chi connectivity index (χ1n) is 12.6. The molecule has 2 aliphatic rings. The second-order valence-corrected chi connectivity index (χ2v) is 10.7. The highest BCUT2D eigenvalue weighted by atomic mass is 32.1. The van der Waals surface area contributed by atoms with Crippen LogP contribution in [0, 0.1) is 6.92 Å². The van der Waals surface area contributed by atoms with Gasteiger partial charge in [-0.3, -0.25) is 9.69 Å². The molecule has 2 aliphatic heterocycles. The first-order chi connectivity index (χ1) is 19.0. The quantitative estimate of drug-likeness (QED) is 0.433. The fourth-order valence-electron chi connectivity index (χ4n) is 4.59. The van der Waals surface area contributed by atoms with Gasteiger partial charge in [-0.2, -0.15) is 18.2 Å². The number of carbonyl (C=O) groups is 1. The van der Waals surface area contributed by atoms with E-state index in [-0.39, 0.29) is 36.4 Å². The van der Waals surface area contributed by atoms with E-state index >= 15 is 0 Å². The number of alkyl halides is 3. The van der Waals surface area contributed by atoms with E-state index in [0.29, 0.717) is 26.3 Å². The molecule has 1 saturated heterocycles. The maximum absolute atomic E-state index is 13.5. The zero-order chi connectivity index (χ0) is 28.6. The van der Waals surface area contributed by atoms with E-state index in [1.165, 1.54) is 17.5 Å². The van der Waals surface area contributed by atoms with Gasteiger partial charge >= 0.3 is 6.18 Å². The van der Waals surface area contributed by atoms with Gasteiger partial charge < -0.3 is 29.9 Å². The van der Waals surface area contributed by atoms with Crippen LogP contribution in [0.2, 0.25) is 0 Å². The first-order valence-corrected chi connectivity index (χ1v) is 13.4. The molecule has 3 aromatic rings. The molecule has 2 N–H and O–H groups in total. The molecule has 4 heterocycles. The standard InChI is InChI=1S/C25H29F3N8O3S/c1-15-30-20-22(38)36(14-25(26,27)28)18-13-29-24(32-21(18)34(3)23(20)40-15)31-17-5-4-16(12-19(17)39-11-10-37)35-8-6-33(2)7-9-35/h4-5,12-13,37H,6-11,14H2,1-3H3,(H,29,31,32). The maximum atomic E-state index is 13.5. The van der Waals surface area contributed by atoms with Crippen molar-refractivity contribution < 1.29 is 27.8 Å². The third-order valence-corrected chi connectivity index (χ3v) is 7.64. The van der Waals surface area contributed by atoms with E-state index in [2.05, 4.69) is 37.1 Å². The zero-order valence-corrected chi connectivity index (χ0v) is 23.0. The van der Waals surface area contributed by atoms with Gasteiger partial charge in [0.1, 0.15) is 29.6 Å². The number of aromatic nitrogens is 3. The number of ether oxygens (including phenoxy) is 1. The van der Waals surface area contributed by atoms with Crippen molar-refractivity contribution in [2.45, 2.75) is 13.1 Å². The Kier molecular flexibility index (Phi) is 7.70. The van der Waals surface area contributed by atoms with Crippen molar-refractivity contribution in [3.63, 3.8) is 0 Å². The number of hydrogen-bond acceptors (Lipinski definition) is 11. The topological polar surface area (TPSA) is 110 Å². The van der Waals surface area contributed by atoms with E-state index in [1.807, 2.05) is 18.2 Å². The molecular weight excluding hydrogens is 549 g/mol. The summed E-state index contributed by atoms with van der Waals surface area (Å²) in [5.74, 6) is -0.197. The molecule has 0 spiro atoms. The molecule has 15 heteroatoms. The lowest BCUT2D eigenvalue weighted by Gasteiger charge is -2.34. The third kappa shape index (κ3) is 5.76. The molecule has 0 radical (unpaired) electrons. The average molecular weight is 579 g/mol. The number of nitrogens with one attached hydrogen (secondary N) is 1. The van der Waals surface area contributed by atoms with Crippen molar-refractivity contribution in [3.8, 4) is 5.75 Å². The van der Waals surface area contributed by atoms with Crippen molar-refractivity contribution in [1.29, 1.82) is 0 Å². The second-order valence-electron chi connectivity index (χ2n) is 9.52. The molecule has 0 saturated carbocycles. The number of thiazole rings is 1. The molecule has 1 aromatic carbocycles. The van der Waals surface area contributed by atoms with Crippen LogP contribution >= 0.6 is 11.3 Å². The number of anilines is 6. The van der Waals surface area contributed by atoms with Crippen LogP contribution in [0.1, 0.15) is 15.5 Å². The van der Waals surface area contributed by atoms with E-state index in [1.54, 1.807) is 18.9 Å². The van der Waals surface area contributed by atoms with Gasteiger partial charge in [-0.15, -0.1) is 11.3 Å². The SMILES string of the molecule is Cc1nc2c(s1)N(C)c1nc(Nc3ccc(N4CCN(C)CC4)cc3OCCO)ncc1N(CC(F)(F)F)C2=O. The summed E-state index contributed by atoms with van der Waals surface area (Å²) in [6, 6.07) is 5.61. The number of aliphatic hydroxyl groups is 1. The highest BCUT2D eigenvalue weighted by molar-refractivity contribution is 7.16. The lowest BCUT2D eigenvalue weighted by atomic mass is 10.2. The predicted octanol–water partition coefficient (Wildman–Crippen LogP) is 3.40. The van der Waals surface area contributed by atoms with E-state index < -0.39 is 18.6 Å². The van der Waals surface area contributed by atoms with Gasteiger partial charge in [-0.25, -0.2) is 9.97 Å². The number of fused-ring (bicyclic) bond motifs is 2. The fourth-order valence-corrected chi connectivity index (χ4v) is 5.46. The summed E-state index contributed by atoms with van der Waals surface area (Å²) in [5, 5.41) is 13.4. The van der Waals surface area contributed by atoms with Gasteiger partial charge in [0.05, 0.1) is 23.5 Å². The largest absolute Gasteiger partial charge is 0.489 e. The van der Waals surface area contributed by atoms with Crippen LogP contribution in [0.4, 0.5) is 47.0 Å². The summed E-state index contributed by atoms with van der Waals surface area (Å²) in [4.78, 5) is 32.8. The number of aryl methyl sites for hydroxylation is 1. The smallest absolute Gasteiger partial charge is 0.406 e. The summed E-state index contributed by atoms with van der Waals surface area (Å²) in [6.07, 6.45) is -3.45. The van der Waals surface area contributed by atoms with Crippen molar-refractivity contribution >= 4 is 51.1 Å². The molecule has 1 amide bonds. The Balaban J connectivity index is 1.50. The van der Waals surface area contributed by atoms with E-state index in [9.17, 15) is 23.1 Å². The lowest BCUT2D eigenvalue weighted by molar-refractivity contribution is -0.118. The number of amides is 1. The van der Waals surface area contributed by atoms with E-state index in [0.717, 1.165) is 31.9 Å². The minimum absolute atomic E-state index is 0.0661. The van der Waals surface area contributed by atoms with Crippen LogP contribution in [0.25, 0.3) is 0 Å². The van der Waals surface area contributed by atoms with Gasteiger partial charge in [-0.1, -0.05) is 0 Å². The number of carbonyl (C=O) groups excluding carboxylic acids is 1. The zero-order valence-electron chi connectivity index (χ0n) is 22.2. The summed E-state index contributed by atoms with van der Waals surface area (Å²) >= 11 is 1.19. The van der Waals surface area contributed by atoms with Crippen molar-refractivity contribution in [2.24, 2.45) is 0 Å². The van der Waals surface area contributed by atoms with Crippen LogP contribution in [-0.4, -0.2) is 97.1 Å². The third-order valence-electron chi connectivity index (χ3n) is 6.59. The van der Waals surface area contributed by atoms with Gasteiger partial charge in [-0.05, 0) is 26.1 Å². The number of likely N-dealkylation sites (N-methyl/N-ethyl adjacent to an activating group) is 1. The molecule has 40 heavy (non-hydrogen) atoms. The van der Waals surface area contributed by atoms with Crippen molar-refractivity contribution in [2.75, 3.05) is 80.0 Å². The van der Waals surface area contributed by atoms with Crippen molar-refractivity contribution in [3.05, 3.63) is 35.1 Å². The van der Waals surface area contributed by atoms with Gasteiger partial charge in [0, 0.05) is 45.0 Å². The van der Waals surface area contributed by atoms with Gasteiger partial charge in [0.2, 0.25) is 5.95 Å². The predicted molar refractivity (Wildman–Crippen MR) is 147 cm³/mol. The monoisotopic (exact) mass is 578 g/mol. The minimum Gasteiger partial charge on any atom is -0.489 e. The summed E-state index contributed by atoms with van der Waals surface area (Å²) in [5.41, 5.74) is 1.32. The first kappa shape index (κ1) is 27.9. The van der Waals surface area contributed by atoms with Gasteiger partial charge in [0.15, 0.2) is 11.5 Å². The van der Waals surface area contributed by atoms with Crippen LogP contribution in [-0.2, 0) is 0 Å². The van der Waals surface area contributed by atoms with Crippen molar-refractivity contribution in [1.82, 2.24) is 19.9 Å². The second kappa shape index (κ2) is 11.1. The Morgan fingerprint density at radius 1 is 1.15 bits per heavy atom. The summed E-state index contributed by atoms with van der Waals surface area (Å²) in [7, 11) is 3.70. The summed E-state index contributed by atoms with van der Waals surface area (Å²) in [6.45, 7) is 3.63. The molecule has 1 fully saturated rings. The highest BCUT2D eigenvalue weighted by Gasteiger charge is 2.40. The van der Waals surface area contributed by atoms with E-state index in [4.69, 9.17) is 4.74 Å².